The standard InChI is InChI=1S/C14H31N3OS2/c1-8-15-12(17-11-14(5,6)19-7)16-9-10-20(18)13(2,3)4/h8-11H2,1-7H3,(H2,15,16,17). The Bertz CT molecular complexity index is 336. The predicted octanol–water partition coefficient (Wildman–Crippen LogP) is 2.23. The molecule has 4 nitrogen and oxygen atoms in total. The van der Waals surface area contributed by atoms with Crippen molar-refractivity contribution in [1.29, 1.82) is 0 Å². The number of thioether (sulfide) groups is 1. The van der Waals surface area contributed by atoms with Crippen LogP contribution in [0.5, 0.6) is 0 Å². The number of nitrogens with zero attached hydrogens (tertiary/aromatic N) is 1. The van der Waals surface area contributed by atoms with Gasteiger partial charge in [0, 0.05) is 39.1 Å². The van der Waals surface area contributed by atoms with Gasteiger partial charge in [-0.25, -0.2) is 0 Å². The molecule has 0 spiro atoms. The van der Waals surface area contributed by atoms with Gasteiger partial charge in [0.25, 0.3) is 0 Å². The van der Waals surface area contributed by atoms with Crippen LogP contribution in [-0.4, -0.2) is 51.3 Å². The first-order valence-electron chi connectivity index (χ1n) is 7.08. The minimum Gasteiger partial charge on any atom is -0.357 e. The Morgan fingerprint density at radius 2 is 1.80 bits per heavy atom. The van der Waals surface area contributed by atoms with E-state index >= 15 is 0 Å². The highest BCUT2D eigenvalue weighted by Crippen LogP contribution is 2.20. The maximum atomic E-state index is 12.0. The van der Waals surface area contributed by atoms with Crippen LogP contribution in [0.25, 0.3) is 0 Å². The molecule has 0 fully saturated rings. The van der Waals surface area contributed by atoms with Crippen LogP contribution in [0.2, 0.25) is 0 Å². The molecule has 0 aliphatic heterocycles. The maximum Gasteiger partial charge on any atom is 0.191 e. The monoisotopic (exact) mass is 321 g/mol. The Morgan fingerprint density at radius 1 is 1.20 bits per heavy atom. The summed E-state index contributed by atoms with van der Waals surface area (Å²) < 4.78 is 12.0. The van der Waals surface area contributed by atoms with Crippen LogP contribution in [0.15, 0.2) is 4.99 Å². The Labute approximate surface area is 131 Å². The van der Waals surface area contributed by atoms with Gasteiger partial charge < -0.3 is 10.6 Å². The van der Waals surface area contributed by atoms with E-state index in [1.165, 1.54) is 0 Å². The molecule has 0 rings (SSSR count). The minimum absolute atomic E-state index is 0.135. The zero-order valence-electron chi connectivity index (χ0n) is 14.0. The van der Waals surface area contributed by atoms with E-state index < -0.39 is 10.8 Å². The number of nitrogens with one attached hydrogen (secondary N) is 2. The molecule has 0 saturated heterocycles. The quantitative estimate of drug-likeness (QED) is 0.558. The summed E-state index contributed by atoms with van der Waals surface area (Å²) in [5.41, 5.74) is 0. The summed E-state index contributed by atoms with van der Waals surface area (Å²) in [5, 5.41) is 6.48. The van der Waals surface area contributed by atoms with Gasteiger partial charge in [0.15, 0.2) is 5.96 Å². The van der Waals surface area contributed by atoms with E-state index in [4.69, 9.17) is 0 Å². The molecule has 0 bridgehead atoms. The van der Waals surface area contributed by atoms with Crippen molar-refractivity contribution in [3.63, 3.8) is 0 Å². The molecule has 6 heteroatoms. The summed E-state index contributed by atoms with van der Waals surface area (Å²) >= 11 is 1.81. The van der Waals surface area contributed by atoms with E-state index in [1.807, 2.05) is 39.5 Å². The van der Waals surface area contributed by atoms with Crippen LogP contribution in [0.4, 0.5) is 0 Å². The van der Waals surface area contributed by atoms with Crippen LogP contribution >= 0.6 is 11.8 Å². The smallest absolute Gasteiger partial charge is 0.191 e. The van der Waals surface area contributed by atoms with Gasteiger partial charge in [-0.3, -0.25) is 9.20 Å². The van der Waals surface area contributed by atoms with Crippen molar-refractivity contribution in [2.45, 2.75) is 51.0 Å². The minimum atomic E-state index is -0.830. The molecular formula is C14H31N3OS2. The Balaban J connectivity index is 4.35. The van der Waals surface area contributed by atoms with Crippen molar-refractivity contribution in [2.24, 2.45) is 4.99 Å². The number of rotatable bonds is 7. The zero-order valence-corrected chi connectivity index (χ0v) is 15.6. The number of aliphatic imine (C=N–C) groups is 1. The lowest BCUT2D eigenvalue weighted by atomic mass is 10.2. The summed E-state index contributed by atoms with van der Waals surface area (Å²) in [5.74, 6) is 1.44. The Hall–Kier alpha value is -0.230. The van der Waals surface area contributed by atoms with Crippen molar-refractivity contribution in [2.75, 3.05) is 31.6 Å². The first kappa shape index (κ1) is 19.8. The highest BCUT2D eigenvalue weighted by atomic mass is 32.2. The molecule has 0 aliphatic carbocycles. The van der Waals surface area contributed by atoms with Crippen LogP contribution in [0.3, 0.4) is 0 Å². The third-order valence-electron chi connectivity index (χ3n) is 2.78. The topological polar surface area (TPSA) is 53.5 Å². The third kappa shape index (κ3) is 8.84. The molecule has 0 heterocycles. The highest BCUT2D eigenvalue weighted by Gasteiger charge is 2.19. The summed E-state index contributed by atoms with van der Waals surface area (Å²) in [7, 11) is -0.830. The van der Waals surface area contributed by atoms with Gasteiger partial charge in [0.1, 0.15) is 0 Å². The van der Waals surface area contributed by atoms with Crippen molar-refractivity contribution in [3.8, 4) is 0 Å². The molecule has 20 heavy (non-hydrogen) atoms. The van der Waals surface area contributed by atoms with Crippen LogP contribution < -0.4 is 10.6 Å². The average Bonchev–Trinajstić information content (AvgIpc) is 2.34. The molecule has 0 aromatic heterocycles. The molecule has 120 valence electrons. The SMILES string of the molecule is CCNC(=NCC(C)(C)SC)NCCS(=O)C(C)(C)C. The van der Waals surface area contributed by atoms with E-state index in [9.17, 15) is 4.21 Å². The van der Waals surface area contributed by atoms with Crippen LogP contribution in [-0.2, 0) is 10.8 Å². The van der Waals surface area contributed by atoms with E-state index in [2.05, 4.69) is 35.7 Å². The van der Waals surface area contributed by atoms with E-state index in [1.54, 1.807) is 0 Å². The molecule has 1 unspecified atom stereocenters. The van der Waals surface area contributed by atoms with Gasteiger partial charge in [-0.15, -0.1) is 0 Å². The van der Waals surface area contributed by atoms with Gasteiger partial charge in [-0.05, 0) is 47.8 Å². The lowest BCUT2D eigenvalue weighted by Gasteiger charge is -2.21. The molecule has 0 amide bonds. The van der Waals surface area contributed by atoms with Crippen LogP contribution in [0, 0.1) is 0 Å². The predicted molar refractivity (Wildman–Crippen MR) is 94.3 cm³/mol. The van der Waals surface area contributed by atoms with Crippen molar-refractivity contribution in [1.82, 2.24) is 10.6 Å². The Morgan fingerprint density at radius 3 is 2.25 bits per heavy atom. The molecule has 0 aromatic rings. The molecule has 0 radical (unpaired) electrons. The molecule has 0 saturated carbocycles. The second kappa shape index (κ2) is 8.93. The third-order valence-corrected chi connectivity index (χ3v) is 5.95. The fourth-order valence-electron chi connectivity index (χ4n) is 1.24. The van der Waals surface area contributed by atoms with E-state index in [-0.39, 0.29) is 9.49 Å². The average molecular weight is 322 g/mol. The lowest BCUT2D eigenvalue weighted by Crippen LogP contribution is -2.41. The van der Waals surface area contributed by atoms with E-state index in [0.717, 1.165) is 19.0 Å². The van der Waals surface area contributed by atoms with Gasteiger partial charge in [0.05, 0.1) is 6.54 Å². The number of hydrogen-bond donors (Lipinski definition) is 2. The summed E-state index contributed by atoms with van der Waals surface area (Å²) in [6, 6.07) is 0. The van der Waals surface area contributed by atoms with E-state index in [0.29, 0.717) is 12.3 Å². The number of hydrogen-bond acceptors (Lipinski definition) is 3. The first-order chi connectivity index (χ1) is 9.12. The van der Waals surface area contributed by atoms with Gasteiger partial charge >= 0.3 is 0 Å². The molecule has 2 N–H and O–H groups in total. The second-order valence-corrected chi connectivity index (χ2v) is 10.1. The lowest BCUT2D eigenvalue weighted by molar-refractivity contribution is 0.646. The van der Waals surface area contributed by atoms with Crippen LogP contribution in [0.1, 0.15) is 41.5 Å². The van der Waals surface area contributed by atoms with Crippen molar-refractivity contribution in [3.05, 3.63) is 0 Å². The van der Waals surface area contributed by atoms with Gasteiger partial charge in [0.2, 0.25) is 0 Å². The summed E-state index contributed by atoms with van der Waals surface area (Å²) in [6.45, 7) is 14.7. The Kier molecular flexibility index (Phi) is 8.82. The fraction of sp³-hybridized carbons (Fsp3) is 0.929. The van der Waals surface area contributed by atoms with Crippen molar-refractivity contribution >= 4 is 28.5 Å². The second-order valence-electron chi connectivity index (χ2n) is 6.25. The summed E-state index contributed by atoms with van der Waals surface area (Å²) in [4.78, 5) is 4.59. The fourth-order valence-corrected chi connectivity index (χ4v) is 2.34. The normalized spacial score (nSPS) is 15.1. The molecule has 0 aliphatic rings. The largest absolute Gasteiger partial charge is 0.357 e. The highest BCUT2D eigenvalue weighted by molar-refractivity contribution is 7.99. The van der Waals surface area contributed by atoms with Gasteiger partial charge in [-0.2, -0.15) is 11.8 Å². The number of guanidine groups is 1. The zero-order chi connectivity index (χ0) is 15.8. The summed E-state index contributed by atoms with van der Waals surface area (Å²) in [6.07, 6.45) is 2.10. The molecule has 0 aromatic carbocycles. The maximum absolute atomic E-state index is 12.0. The molecular weight excluding hydrogens is 290 g/mol. The molecule has 1 atom stereocenters. The first-order valence-corrected chi connectivity index (χ1v) is 9.62. The van der Waals surface area contributed by atoms with Crippen molar-refractivity contribution < 1.29 is 4.21 Å². The van der Waals surface area contributed by atoms with Gasteiger partial charge in [-0.1, -0.05) is 0 Å².